The second-order valence-corrected chi connectivity index (χ2v) is 5.68. The van der Waals surface area contributed by atoms with E-state index < -0.39 is 0 Å². The van der Waals surface area contributed by atoms with Gasteiger partial charge in [-0.15, -0.1) is 17.8 Å². The van der Waals surface area contributed by atoms with E-state index in [0.717, 1.165) is 11.1 Å². The van der Waals surface area contributed by atoms with Gasteiger partial charge in [-0.3, -0.25) is 0 Å². The molecule has 0 amide bonds. The second-order valence-electron chi connectivity index (χ2n) is 4.29. The molecule has 0 aromatic carbocycles. The van der Waals surface area contributed by atoms with Gasteiger partial charge in [-0.25, -0.2) is 0 Å². The molecule has 0 heterocycles. The maximum absolute atomic E-state index is 2.42. The van der Waals surface area contributed by atoms with E-state index in [2.05, 4.69) is 29.8 Å². The molecule has 1 aliphatic carbocycles. The summed E-state index contributed by atoms with van der Waals surface area (Å²) >= 11 is 0. The van der Waals surface area contributed by atoms with Crippen LogP contribution >= 0.6 is 17.8 Å². The van der Waals surface area contributed by atoms with Crippen LogP contribution in [0.2, 0.25) is 0 Å². The fraction of sp³-hybridized carbons (Fsp3) is 1.00. The summed E-state index contributed by atoms with van der Waals surface area (Å²) in [4.78, 5) is 0. The molecular weight excluding hydrogens is 325 g/mol. The van der Waals surface area contributed by atoms with Gasteiger partial charge in [0.05, 0.1) is 0 Å². The summed E-state index contributed by atoms with van der Waals surface area (Å²) in [5.41, 5.74) is 1.81. The van der Waals surface area contributed by atoms with Gasteiger partial charge in [0.2, 0.25) is 0 Å². The third kappa shape index (κ3) is 9.65. The van der Waals surface area contributed by atoms with Gasteiger partial charge >= 0.3 is 21.7 Å². The third-order valence-electron chi connectivity index (χ3n) is 3.85. The van der Waals surface area contributed by atoms with Crippen molar-refractivity contribution in [3.63, 3.8) is 0 Å². The Labute approximate surface area is 140 Å². The first kappa shape index (κ1) is 27.5. The van der Waals surface area contributed by atoms with Gasteiger partial charge in [0.15, 0.2) is 0 Å². The summed E-state index contributed by atoms with van der Waals surface area (Å²) in [5, 5.41) is 0. The number of rotatable bonds is 3. The van der Waals surface area contributed by atoms with Crippen LogP contribution in [0.25, 0.3) is 0 Å². The fourth-order valence-electron chi connectivity index (χ4n) is 2.59. The molecule has 0 spiro atoms. The Morgan fingerprint density at radius 3 is 2.00 bits per heavy atom. The Bertz CT molecular complexity index is 144. The summed E-state index contributed by atoms with van der Waals surface area (Å²) in [6.45, 7) is 9.06. The van der Waals surface area contributed by atoms with Gasteiger partial charge in [0.1, 0.15) is 0 Å². The van der Waals surface area contributed by atoms with E-state index in [0.29, 0.717) is 0 Å². The van der Waals surface area contributed by atoms with Crippen LogP contribution in [0.4, 0.5) is 0 Å². The Hall–Kier alpha value is 2.15. The van der Waals surface area contributed by atoms with Crippen LogP contribution in [-0.2, 0) is 21.7 Å². The van der Waals surface area contributed by atoms with Crippen LogP contribution in [0.15, 0.2) is 0 Å². The van der Waals surface area contributed by atoms with Gasteiger partial charge < -0.3 is 24.8 Å². The minimum atomic E-state index is 0. The normalized spacial score (nSPS) is 21.4. The summed E-state index contributed by atoms with van der Waals surface area (Å²) in [6, 6.07) is 0. The van der Waals surface area contributed by atoms with Crippen molar-refractivity contribution in [1.29, 1.82) is 0 Å². The van der Waals surface area contributed by atoms with E-state index in [-0.39, 0.29) is 46.5 Å². The molecule has 104 valence electrons. The van der Waals surface area contributed by atoms with Crippen molar-refractivity contribution < 1.29 is 46.5 Å². The zero-order chi connectivity index (χ0) is 11.0. The molecule has 1 rings (SSSR count). The molecule has 1 fully saturated rings. The van der Waals surface area contributed by atoms with Crippen LogP contribution in [-0.4, -0.2) is 19.0 Å². The Kier molecular flexibility index (Phi) is 26.2. The monoisotopic (exact) mass is 352 g/mol. The molecule has 0 aromatic rings. The smallest absolute Gasteiger partial charge is 1.00 e. The maximum Gasteiger partial charge on any atom is 2.00 e. The molecule has 0 saturated heterocycles. The van der Waals surface area contributed by atoms with E-state index in [1.54, 1.807) is 0 Å². The fourth-order valence-corrected chi connectivity index (χ4v) is 3.72. The number of halogens is 2. The summed E-state index contributed by atoms with van der Waals surface area (Å²) < 4.78 is 0. The minimum Gasteiger partial charge on any atom is -1.00 e. The van der Waals surface area contributed by atoms with Crippen molar-refractivity contribution in [1.82, 2.24) is 0 Å². The van der Waals surface area contributed by atoms with E-state index in [4.69, 9.17) is 0 Å². The van der Waals surface area contributed by atoms with E-state index >= 15 is 0 Å². The predicted molar refractivity (Wildman–Crippen MR) is 75.1 cm³/mol. The molecule has 3 unspecified atom stereocenters. The first-order chi connectivity index (χ1) is 6.76. The molecule has 0 radical (unpaired) electrons. The van der Waals surface area contributed by atoms with Crippen LogP contribution in [0.5, 0.6) is 0 Å². The Morgan fingerprint density at radius 1 is 1.18 bits per heavy atom. The van der Waals surface area contributed by atoms with Crippen molar-refractivity contribution in [2.75, 3.05) is 13.3 Å². The minimum absolute atomic E-state index is 0. The quantitative estimate of drug-likeness (QED) is 0.430. The summed E-state index contributed by atoms with van der Waals surface area (Å²) in [6.07, 6.45) is 8.84. The largest absolute Gasteiger partial charge is 2.00 e. The maximum atomic E-state index is 2.42. The first-order valence-corrected chi connectivity index (χ1v) is 8.74. The molecule has 17 heavy (non-hydrogen) atoms. The van der Waals surface area contributed by atoms with Crippen molar-refractivity contribution in [3.8, 4) is 0 Å². The zero-order valence-electron chi connectivity index (χ0n) is 11.7. The Balaban J connectivity index is -0.000000160. The van der Waals surface area contributed by atoms with Gasteiger partial charge in [-0.2, -0.15) is 0 Å². The molecule has 0 bridgehead atoms. The Morgan fingerprint density at radius 2 is 1.65 bits per heavy atom. The molecule has 1 aliphatic rings. The van der Waals surface area contributed by atoms with Gasteiger partial charge in [0, 0.05) is 0 Å². The molecule has 0 nitrogen and oxygen atoms in total. The van der Waals surface area contributed by atoms with Gasteiger partial charge in [0.25, 0.3) is 0 Å². The van der Waals surface area contributed by atoms with Crippen LogP contribution in [0.1, 0.15) is 52.4 Å². The summed E-state index contributed by atoms with van der Waals surface area (Å²) in [7, 11) is 3.60. The molecule has 0 aliphatic heterocycles. The topological polar surface area (TPSA) is 0 Å². The third-order valence-corrected chi connectivity index (χ3v) is 5.16. The SMILES string of the molecule is CCC1(CC)CCCC(PC)C1.CP.[Cl-].[Cl-].[Ti+2]. The summed E-state index contributed by atoms with van der Waals surface area (Å²) in [5.74, 6) is 0. The van der Waals surface area contributed by atoms with Crippen molar-refractivity contribution in [2.45, 2.75) is 58.0 Å². The average molecular weight is 353 g/mol. The first-order valence-electron chi connectivity index (χ1n) is 6.01. The van der Waals surface area contributed by atoms with Crippen molar-refractivity contribution >= 4 is 17.8 Å². The molecule has 0 aromatic heterocycles. The van der Waals surface area contributed by atoms with Gasteiger partial charge in [-0.05, 0) is 37.0 Å². The molecule has 0 N–H and O–H groups in total. The zero-order valence-corrected chi connectivity index (χ0v) is 16.9. The second kappa shape index (κ2) is 16.2. The van der Waals surface area contributed by atoms with E-state index in [9.17, 15) is 0 Å². The average Bonchev–Trinajstić information content (AvgIpc) is 2.31. The standard InChI is InChI=1S/C11H23P.CH5P.2ClH.Ti/c1-4-11(5-2)8-6-7-10(9-11)12-3;1-2;;;/h10,12H,4-9H2,1-3H3;2H2,1H3;2*1H;/q;;;;+2/p-2. The number of hydrogen-bond acceptors (Lipinski definition) is 0. The van der Waals surface area contributed by atoms with E-state index in [1.165, 1.54) is 47.1 Å². The molecule has 1 saturated carbocycles. The molecule has 3 atom stereocenters. The molecule has 5 heteroatoms. The molecular formula is C12H28Cl2P2Ti. The number of hydrogen-bond donors (Lipinski definition) is 0. The predicted octanol–water partition coefficient (Wildman–Crippen LogP) is -1.46. The van der Waals surface area contributed by atoms with Crippen molar-refractivity contribution in [2.24, 2.45) is 5.41 Å². The van der Waals surface area contributed by atoms with E-state index in [1.807, 2.05) is 6.66 Å². The van der Waals surface area contributed by atoms with Gasteiger partial charge in [-0.1, -0.05) is 39.8 Å². The van der Waals surface area contributed by atoms with Crippen molar-refractivity contribution in [3.05, 3.63) is 0 Å². The van der Waals surface area contributed by atoms with Crippen LogP contribution < -0.4 is 24.8 Å². The van der Waals surface area contributed by atoms with Crippen LogP contribution in [0, 0.1) is 5.41 Å². The van der Waals surface area contributed by atoms with Crippen LogP contribution in [0.3, 0.4) is 0 Å².